The lowest BCUT2D eigenvalue weighted by atomic mass is 9.88. The van der Waals surface area contributed by atoms with Gasteiger partial charge in [0, 0.05) is 28.9 Å². The molecule has 5 nitrogen and oxygen atoms in total. The van der Waals surface area contributed by atoms with Gasteiger partial charge in [0.1, 0.15) is 0 Å². The van der Waals surface area contributed by atoms with E-state index >= 15 is 0 Å². The van der Waals surface area contributed by atoms with Gasteiger partial charge < -0.3 is 15.3 Å². The van der Waals surface area contributed by atoms with Crippen molar-refractivity contribution < 1.29 is 14.3 Å². The van der Waals surface area contributed by atoms with Gasteiger partial charge in [-0.3, -0.25) is 0 Å². The number of allylic oxidation sites excluding steroid dienone is 3. The van der Waals surface area contributed by atoms with Crippen LogP contribution in [0, 0.1) is 11.1 Å². The zero-order valence-electron chi connectivity index (χ0n) is 13.4. The molecule has 1 atom stereocenters. The van der Waals surface area contributed by atoms with Crippen molar-refractivity contribution in [2.45, 2.75) is 33.6 Å². The molecule has 1 aromatic rings. The minimum Gasteiger partial charge on any atom is -0.619 e. The molecule has 0 radical (unpaired) electrons. The lowest BCUT2D eigenvalue weighted by Crippen LogP contribution is -2.29. The van der Waals surface area contributed by atoms with E-state index in [0.717, 1.165) is 21.7 Å². The fraction of sp³-hybridized carbons (Fsp3) is 0.412. The van der Waals surface area contributed by atoms with E-state index in [1.54, 1.807) is 6.07 Å². The number of rotatable bonds is 4. The number of nitrogens with zero attached hydrogens (tertiary/aromatic N) is 1. The van der Waals surface area contributed by atoms with E-state index in [9.17, 15) is 10.0 Å². The summed E-state index contributed by atoms with van der Waals surface area (Å²) in [6.07, 6.45) is 4.85. The summed E-state index contributed by atoms with van der Waals surface area (Å²) in [5, 5.41) is 14.7. The number of carbonyl (C=O) groups is 1. The number of aromatic nitrogens is 1. The Morgan fingerprint density at radius 2 is 2.18 bits per heavy atom. The van der Waals surface area contributed by atoms with Gasteiger partial charge in [0.2, 0.25) is 0 Å². The fourth-order valence-electron chi connectivity index (χ4n) is 2.49. The highest BCUT2D eigenvalue weighted by Crippen LogP contribution is 2.32. The molecule has 1 N–H and O–H groups in total. The van der Waals surface area contributed by atoms with Crippen LogP contribution in [0.2, 0.25) is 0 Å². The summed E-state index contributed by atoms with van der Waals surface area (Å²) in [5.41, 5.74) is 3.04. The Balaban J connectivity index is 2.35. The van der Waals surface area contributed by atoms with Crippen LogP contribution in [-0.2, 0) is 9.53 Å². The van der Waals surface area contributed by atoms with E-state index in [-0.39, 0.29) is 17.8 Å². The molecule has 0 aromatic carbocycles. The van der Waals surface area contributed by atoms with Gasteiger partial charge >= 0.3 is 5.97 Å². The lowest BCUT2D eigenvalue weighted by Gasteiger charge is -2.25. The molecule has 1 aliphatic heterocycles. The minimum atomic E-state index is -0.339. The molecule has 1 aliphatic rings. The largest absolute Gasteiger partial charge is 0.619 e. The van der Waals surface area contributed by atoms with Crippen LogP contribution in [0.4, 0.5) is 0 Å². The third kappa shape index (κ3) is 3.67. The third-order valence-corrected chi connectivity index (χ3v) is 3.44. The number of carbonyl (C=O) groups excluding carboxylic acids is 1. The van der Waals surface area contributed by atoms with Crippen molar-refractivity contribution >= 4 is 5.97 Å². The van der Waals surface area contributed by atoms with Gasteiger partial charge in [0.05, 0.1) is 12.2 Å². The first-order valence-corrected chi connectivity index (χ1v) is 7.40. The average molecular weight is 302 g/mol. The maximum atomic E-state index is 12.5. The number of hydrogen-bond acceptors (Lipinski definition) is 4. The molecule has 0 saturated carbocycles. The lowest BCUT2D eigenvalue weighted by molar-refractivity contribution is -0.605. The van der Waals surface area contributed by atoms with E-state index in [4.69, 9.17) is 4.74 Å². The van der Waals surface area contributed by atoms with Gasteiger partial charge in [-0.1, -0.05) is 19.9 Å². The minimum absolute atomic E-state index is 0.276. The topological polar surface area (TPSA) is 65.3 Å². The number of pyridine rings is 1. The molecule has 1 unspecified atom stereocenters. The third-order valence-electron chi connectivity index (χ3n) is 3.44. The summed E-state index contributed by atoms with van der Waals surface area (Å²) in [7, 11) is 0. The summed E-state index contributed by atoms with van der Waals surface area (Å²) in [6.45, 7) is 8.14. The fourth-order valence-corrected chi connectivity index (χ4v) is 2.49. The van der Waals surface area contributed by atoms with E-state index in [1.165, 1.54) is 12.4 Å². The van der Waals surface area contributed by atoms with Crippen LogP contribution in [0.25, 0.3) is 0 Å². The molecular formula is C17H22N2O3. The number of hydrogen-bond donors (Lipinski definition) is 1. The van der Waals surface area contributed by atoms with Crippen molar-refractivity contribution in [1.82, 2.24) is 5.32 Å². The maximum absolute atomic E-state index is 12.5. The SMILES string of the molecule is CC1=CC(c2ccc[n+]([O-])c2)C(C(=O)OCC(C)C)=C(C)N1. The molecule has 0 saturated heterocycles. The van der Waals surface area contributed by atoms with Gasteiger partial charge in [-0.05, 0) is 25.8 Å². The Labute approximate surface area is 130 Å². The Morgan fingerprint density at radius 1 is 1.45 bits per heavy atom. The zero-order valence-corrected chi connectivity index (χ0v) is 13.4. The van der Waals surface area contributed by atoms with Crippen LogP contribution >= 0.6 is 0 Å². The average Bonchev–Trinajstić information content (AvgIpc) is 2.44. The zero-order chi connectivity index (χ0) is 16.3. The molecule has 0 spiro atoms. The van der Waals surface area contributed by atoms with Crippen LogP contribution < -0.4 is 10.0 Å². The first-order valence-electron chi connectivity index (χ1n) is 7.40. The predicted molar refractivity (Wildman–Crippen MR) is 83.5 cm³/mol. The van der Waals surface area contributed by atoms with Crippen molar-refractivity contribution in [2.24, 2.45) is 5.92 Å². The van der Waals surface area contributed by atoms with Crippen LogP contribution in [0.5, 0.6) is 0 Å². The molecule has 2 rings (SSSR count). The summed E-state index contributed by atoms with van der Waals surface area (Å²) in [5.74, 6) is -0.339. The van der Waals surface area contributed by atoms with Crippen LogP contribution in [0.3, 0.4) is 0 Å². The second-order valence-electron chi connectivity index (χ2n) is 5.98. The van der Waals surface area contributed by atoms with Crippen molar-refractivity contribution in [3.05, 3.63) is 58.3 Å². The van der Waals surface area contributed by atoms with E-state index in [1.807, 2.05) is 39.8 Å². The Bertz CT molecular complexity index is 633. The van der Waals surface area contributed by atoms with Gasteiger partial charge in [-0.2, -0.15) is 4.73 Å². The molecule has 0 fully saturated rings. The van der Waals surface area contributed by atoms with E-state index in [0.29, 0.717) is 12.2 Å². The monoisotopic (exact) mass is 302 g/mol. The van der Waals surface area contributed by atoms with Crippen LogP contribution in [0.15, 0.2) is 47.6 Å². The van der Waals surface area contributed by atoms with Crippen molar-refractivity contribution in [1.29, 1.82) is 0 Å². The van der Waals surface area contributed by atoms with Gasteiger partial charge in [-0.15, -0.1) is 0 Å². The molecule has 5 heteroatoms. The van der Waals surface area contributed by atoms with E-state index in [2.05, 4.69) is 5.32 Å². The predicted octanol–water partition coefficient (Wildman–Crippen LogP) is 2.38. The van der Waals surface area contributed by atoms with Crippen molar-refractivity contribution in [2.75, 3.05) is 6.61 Å². The molecule has 22 heavy (non-hydrogen) atoms. The standard InChI is InChI=1S/C17H22N2O3/c1-11(2)10-22-17(20)16-13(4)18-12(3)8-15(16)14-6-5-7-19(21)9-14/h5-9,11,15,18H,10H2,1-4H3. The molecule has 118 valence electrons. The maximum Gasteiger partial charge on any atom is 0.336 e. The first-order chi connectivity index (χ1) is 10.4. The second-order valence-corrected chi connectivity index (χ2v) is 5.98. The van der Waals surface area contributed by atoms with Crippen molar-refractivity contribution in [3.63, 3.8) is 0 Å². The summed E-state index contributed by atoms with van der Waals surface area (Å²) in [4.78, 5) is 12.5. The Hall–Kier alpha value is -2.30. The molecule has 2 heterocycles. The highest BCUT2D eigenvalue weighted by atomic mass is 16.5. The number of dihydropyridines is 1. The first kappa shape index (κ1) is 16.1. The smallest absolute Gasteiger partial charge is 0.336 e. The molecular weight excluding hydrogens is 280 g/mol. The molecule has 1 aromatic heterocycles. The number of ether oxygens (including phenoxy) is 1. The van der Waals surface area contributed by atoms with Crippen LogP contribution in [-0.4, -0.2) is 12.6 Å². The van der Waals surface area contributed by atoms with Crippen LogP contribution in [0.1, 0.15) is 39.2 Å². The Kier molecular flexibility index (Phi) is 4.85. The Morgan fingerprint density at radius 3 is 2.82 bits per heavy atom. The van der Waals surface area contributed by atoms with Gasteiger partial charge in [-0.25, -0.2) is 4.79 Å². The summed E-state index contributed by atoms with van der Waals surface area (Å²) < 4.78 is 6.12. The van der Waals surface area contributed by atoms with Crippen molar-refractivity contribution in [3.8, 4) is 0 Å². The highest BCUT2D eigenvalue weighted by Gasteiger charge is 2.29. The molecule has 0 aliphatic carbocycles. The number of nitrogens with one attached hydrogen (secondary N) is 1. The number of esters is 1. The van der Waals surface area contributed by atoms with Gasteiger partial charge in [0.15, 0.2) is 12.4 Å². The molecule has 0 bridgehead atoms. The highest BCUT2D eigenvalue weighted by molar-refractivity contribution is 5.92. The second kappa shape index (κ2) is 6.64. The summed E-state index contributed by atoms with van der Waals surface area (Å²) >= 11 is 0. The van der Waals surface area contributed by atoms with Gasteiger partial charge in [0.25, 0.3) is 0 Å². The summed E-state index contributed by atoms with van der Waals surface area (Å²) in [6, 6.07) is 3.52. The van der Waals surface area contributed by atoms with E-state index < -0.39 is 0 Å². The normalized spacial score (nSPS) is 18.0. The quantitative estimate of drug-likeness (QED) is 0.527. The molecule has 0 amide bonds.